The first-order valence-corrected chi connectivity index (χ1v) is 7.43. The zero-order valence-electron chi connectivity index (χ0n) is 13.2. The van der Waals surface area contributed by atoms with Gasteiger partial charge in [0.1, 0.15) is 0 Å². The van der Waals surface area contributed by atoms with Gasteiger partial charge in [0.15, 0.2) is 0 Å². The van der Waals surface area contributed by atoms with Gasteiger partial charge in [-0.15, -0.1) is 12.6 Å². The Morgan fingerprint density at radius 1 is 1.10 bits per heavy atom. The maximum absolute atomic E-state index is 6.17. The van der Waals surface area contributed by atoms with E-state index in [4.69, 9.17) is 15.0 Å². The molecular weight excluding hydrogens is 269 g/mol. The Labute approximate surface area is 127 Å². The quantitative estimate of drug-likeness (QED) is 0.650. The molecule has 1 saturated heterocycles. The van der Waals surface area contributed by atoms with Crippen LogP contribution in [0.4, 0.5) is 0 Å². The van der Waals surface area contributed by atoms with Gasteiger partial charge in [-0.3, -0.25) is 0 Å². The highest BCUT2D eigenvalue weighted by molar-refractivity contribution is 7.80. The Morgan fingerprint density at radius 2 is 1.60 bits per heavy atom. The fourth-order valence-electron chi connectivity index (χ4n) is 2.50. The molecule has 0 spiro atoms. The van der Waals surface area contributed by atoms with Crippen molar-refractivity contribution in [2.24, 2.45) is 5.73 Å². The molecule has 0 aliphatic carbocycles. The molecule has 2 N–H and O–H groups in total. The van der Waals surface area contributed by atoms with E-state index in [0.717, 1.165) is 27.0 Å². The minimum absolute atomic E-state index is 0.341. The predicted octanol–water partition coefficient (Wildman–Crippen LogP) is 2.35. The van der Waals surface area contributed by atoms with Crippen LogP contribution in [0.15, 0.2) is 11.0 Å². The SMILES string of the molecule is Cc1c(S)cc(CN)c(C)c1B1OC(C)(C)C(C)(C)O1. The van der Waals surface area contributed by atoms with Crippen LogP contribution in [0.25, 0.3) is 0 Å². The largest absolute Gasteiger partial charge is 0.495 e. The van der Waals surface area contributed by atoms with Crippen LogP contribution in [-0.2, 0) is 15.9 Å². The summed E-state index contributed by atoms with van der Waals surface area (Å²) in [5.74, 6) is 0. The molecule has 0 aromatic heterocycles. The molecule has 1 aliphatic rings. The number of nitrogens with two attached hydrogens (primary N) is 1. The third-order valence-electron chi connectivity index (χ3n) is 4.69. The first kappa shape index (κ1) is 15.9. The number of benzene rings is 1. The van der Waals surface area contributed by atoms with E-state index in [-0.39, 0.29) is 18.3 Å². The van der Waals surface area contributed by atoms with Crippen molar-refractivity contribution in [2.75, 3.05) is 0 Å². The van der Waals surface area contributed by atoms with Crippen molar-refractivity contribution in [1.82, 2.24) is 0 Å². The van der Waals surface area contributed by atoms with Crippen molar-refractivity contribution >= 4 is 25.2 Å². The standard InChI is InChI=1S/C15H24BNO2S/c1-9-11(8-17)7-12(20)10(2)13(9)16-18-14(3,4)15(5,6)19-16/h7,20H,8,17H2,1-6H3. The fourth-order valence-corrected chi connectivity index (χ4v) is 2.78. The second-order valence-corrected chi connectivity index (χ2v) is 6.99. The van der Waals surface area contributed by atoms with Gasteiger partial charge in [0, 0.05) is 11.4 Å². The van der Waals surface area contributed by atoms with E-state index < -0.39 is 0 Å². The van der Waals surface area contributed by atoms with Crippen molar-refractivity contribution in [2.45, 2.75) is 64.2 Å². The summed E-state index contributed by atoms with van der Waals surface area (Å²) in [7, 11) is -0.364. The predicted molar refractivity (Wildman–Crippen MR) is 86.8 cm³/mol. The lowest BCUT2D eigenvalue weighted by Gasteiger charge is -2.32. The van der Waals surface area contributed by atoms with Gasteiger partial charge in [-0.05, 0) is 69.8 Å². The van der Waals surface area contributed by atoms with Crippen molar-refractivity contribution in [3.05, 3.63) is 22.8 Å². The summed E-state index contributed by atoms with van der Waals surface area (Å²) < 4.78 is 12.3. The van der Waals surface area contributed by atoms with Gasteiger partial charge in [0.25, 0.3) is 0 Å². The molecule has 110 valence electrons. The van der Waals surface area contributed by atoms with Crippen molar-refractivity contribution in [3.63, 3.8) is 0 Å². The molecular formula is C15H24BNO2S. The Balaban J connectivity index is 2.52. The van der Waals surface area contributed by atoms with Crippen LogP contribution < -0.4 is 11.2 Å². The monoisotopic (exact) mass is 293 g/mol. The summed E-state index contributed by atoms with van der Waals surface area (Å²) in [6, 6.07) is 2.03. The first-order valence-electron chi connectivity index (χ1n) is 6.98. The molecule has 0 amide bonds. The maximum atomic E-state index is 6.17. The van der Waals surface area contributed by atoms with Crippen molar-refractivity contribution in [3.8, 4) is 0 Å². The Hall–Kier alpha value is -0.485. The van der Waals surface area contributed by atoms with Crippen molar-refractivity contribution in [1.29, 1.82) is 0 Å². The second-order valence-electron chi connectivity index (χ2n) is 6.51. The summed E-state index contributed by atoms with van der Waals surface area (Å²) in [5.41, 5.74) is 9.54. The summed E-state index contributed by atoms with van der Waals surface area (Å²) in [6.07, 6.45) is 0. The Bertz CT molecular complexity index is 527. The van der Waals surface area contributed by atoms with Gasteiger partial charge in [0.2, 0.25) is 0 Å². The summed E-state index contributed by atoms with van der Waals surface area (Å²) in [4.78, 5) is 0.931. The maximum Gasteiger partial charge on any atom is 0.495 e. The highest BCUT2D eigenvalue weighted by Crippen LogP contribution is 2.37. The van der Waals surface area contributed by atoms with Crippen LogP contribution in [0.5, 0.6) is 0 Å². The van der Waals surface area contributed by atoms with Gasteiger partial charge >= 0.3 is 7.12 Å². The molecule has 1 aliphatic heterocycles. The number of thiol groups is 1. The summed E-state index contributed by atoms with van der Waals surface area (Å²) in [5, 5.41) is 0. The third-order valence-corrected chi connectivity index (χ3v) is 5.16. The molecule has 0 unspecified atom stereocenters. The Morgan fingerprint density at radius 3 is 2.05 bits per heavy atom. The molecule has 0 radical (unpaired) electrons. The average Bonchev–Trinajstić information content (AvgIpc) is 2.53. The highest BCUT2D eigenvalue weighted by atomic mass is 32.1. The second kappa shape index (κ2) is 5.06. The normalized spacial score (nSPS) is 20.5. The van der Waals surface area contributed by atoms with Crippen LogP contribution in [0, 0.1) is 13.8 Å². The molecule has 1 aromatic rings. The molecule has 1 heterocycles. The average molecular weight is 293 g/mol. The summed E-state index contributed by atoms with van der Waals surface area (Å²) in [6.45, 7) is 12.9. The van der Waals surface area contributed by atoms with E-state index in [0.29, 0.717) is 6.54 Å². The van der Waals surface area contributed by atoms with Gasteiger partial charge in [-0.1, -0.05) is 0 Å². The van der Waals surface area contributed by atoms with Crippen LogP contribution in [0.2, 0.25) is 0 Å². The lowest BCUT2D eigenvalue weighted by molar-refractivity contribution is 0.00578. The molecule has 0 bridgehead atoms. The topological polar surface area (TPSA) is 44.5 Å². The third kappa shape index (κ3) is 2.41. The lowest BCUT2D eigenvalue weighted by atomic mass is 9.72. The number of rotatable bonds is 2. The molecule has 1 aromatic carbocycles. The Kier molecular flexibility index (Phi) is 4.02. The van der Waals surface area contributed by atoms with Gasteiger partial charge in [0.05, 0.1) is 11.2 Å². The lowest BCUT2D eigenvalue weighted by Crippen LogP contribution is -2.41. The van der Waals surface area contributed by atoms with Gasteiger partial charge in [-0.25, -0.2) is 0 Å². The van der Waals surface area contributed by atoms with E-state index in [1.165, 1.54) is 0 Å². The fraction of sp³-hybridized carbons (Fsp3) is 0.600. The first-order chi connectivity index (χ1) is 9.10. The minimum atomic E-state index is -0.364. The van der Waals surface area contributed by atoms with E-state index in [1.54, 1.807) is 0 Å². The minimum Gasteiger partial charge on any atom is -0.399 e. The molecule has 2 rings (SSSR count). The van der Waals surface area contributed by atoms with E-state index in [9.17, 15) is 0 Å². The molecule has 0 saturated carbocycles. The molecule has 20 heavy (non-hydrogen) atoms. The van der Waals surface area contributed by atoms with Crippen LogP contribution >= 0.6 is 12.6 Å². The summed E-state index contributed by atoms with van der Waals surface area (Å²) >= 11 is 4.55. The molecule has 1 fully saturated rings. The zero-order valence-corrected chi connectivity index (χ0v) is 14.1. The van der Waals surface area contributed by atoms with Crippen molar-refractivity contribution < 1.29 is 9.31 Å². The highest BCUT2D eigenvalue weighted by Gasteiger charge is 2.52. The van der Waals surface area contributed by atoms with Crippen LogP contribution in [0.3, 0.4) is 0 Å². The molecule has 3 nitrogen and oxygen atoms in total. The van der Waals surface area contributed by atoms with E-state index in [1.807, 2.05) is 6.07 Å². The van der Waals surface area contributed by atoms with Gasteiger partial charge in [-0.2, -0.15) is 0 Å². The smallest absolute Gasteiger partial charge is 0.399 e. The van der Waals surface area contributed by atoms with E-state index in [2.05, 4.69) is 54.2 Å². The molecule has 5 heteroatoms. The zero-order chi connectivity index (χ0) is 15.3. The molecule has 0 atom stereocenters. The van der Waals surface area contributed by atoms with Gasteiger partial charge < -0.3 is 15.0 Å². The van der Waals surface area contributed by atoms with E-state index >= 15 is 0 Å². The van der Waals surface area contributed by atoms with Crippen LogP contribution in [0.1, 0.15) is 44.4 Å². The van der Waals surface area contributed by atoms with Crippen LogP contribution in [-0.4, -0.2) is 18.3 Å². The number of hydrogen-bond donors (Lipinski definition) is 2. The number of hydrogen-bond acceptors (Lipinski definition) is 4.